The number of hydrogen-bond acceptors (Lipinski definition) is 2. The maximum absolute atomic E-state index is 4.65. The van der Waals surface area contributed by atoms with Gasteiger partial charge in [0, 0.05) is 17.5 Å². The molecule has 1 aliphatic rings. The highest BCUT2D eigenvalue weighted by Gasteiger charge is 2.19. The fourth-order valence-corrected chi connectivity index (χ4v) is 3.41. The van der Waals surface area contributed by atoms with Gasteiger partial charge in [0.25, 0.3) is 0 Å². The molecule has 0 saturated carbocycles. The van der Waals surface area contributed by atoms with Gasteiger partial charge in [0.05, 0.1) is 5.69 Å². The third-order valence-electron chi connectivity index (χ3n) is 3.41. The van der Waals surface area contributed by atoms with E-state index >= 15 is 0 Å². The van der Waals surface area contributed by atoms with E-state index in [1.54, 1.807) is 0 Å². The number of nitrogens with zero attached hydrogens (tertiary/aromatic N) is 1. The van der Waals surface area contributed by atoms with Crippen molar-refractivity contribution < 1.29 is 0 Å². The van der Waals surface area contributed by atoms with Crippen LogP contribution in [0.1, 0.15) is 56.9 Å². The van der Waals surface area contributed by atoms with Gasteiger partial charge in [0.15, 0.2) is 0 Å². The zero-order valence-corrected chi connectivity index (χ0v) is 12.7. The van der Waals surface area contributed by atoms with Crippen LogP contribution in [0.3, 0.4) is 0 Å². The number of pyridine rings is 1. The summed E-state index contributed by atoms with van der Waals surface area (Å²) in [5.41, 5.74) is 5.69. The van der Waals surface area contributed by atoms with Crippen LogP contribution < -0.4 is 0 Å². The van der Waals surface area contributed by atoms with Crippen LogP contribution >= 0.6 is 11.8 Å². The van der Waals surface area contributed by atoms with Gasteiger partial charge in [-0.05, 0) is 41.2 Å². The maximum atomic E-state index is 4.65. The van der Waals surface area contributed by atoms with E-state index in [2.05, 4.69) is 44.8 Å². The molecule has 18 heavy (non-hydrogen) atoms. The van der Waals surface area contributed by atoms with Crippen LogP contribution in [0.25, 0.3) is 5.57 Å². The minimum absolute atomic E-state index is 0.492. The molecule has 0 aromatic carbocycles. The second kappa shape index (κ2) is 5.92. The molecule has 0 spiro atoms. The average Bonchev–Trinajstić information content (AvgIpc) is 2.28. The fraction of sp³-hybridized carbons (Fsp3) is 0.562. The van der Waals surface area contributed by atoms with Crippen molar-refractivity contribution in [2.45, 2.75) is 45.8 Å². The largest absolute Gasteiger partial charge is 0.260 e. The van der Waals surface area contributed by atoms with E-state index in [1.807, 2.05) is 18.0 Å². The second-order valence-electron chi connectivity index (χ2n) is 5.54. The first-order valence-corrected chi connectivity index (χ1v) is 8.02. The summed E-state index contributed by atoms with van der Waals surface area (Å²) in [6, 6.07) is 2.20. The Morgan fingerprint density at radius 2 is 1.94 bits per heavy atom. The SMILES string of the molecule is CC(C)/C1=C/CCSCc2ccnc(C(C)C)c21. The Morgan fingerprint density at radius 1 is 1.17 bits per heavy atom. The molecule has 0 unspecified atom stereocenters. The molecule has 1 nitrogen and oxygen atoms in total. The Hall–Kier alpha value is -0.760. The molecule has 1 aliphatic heterocycles. The Morgan fingerprint density at radius 3 is 2.61 bits per heavy atom. The van der Waals surface area contributed by atoms with E-state index in [0.29, 0.717) is 11.8 Å². The predicted molar refractivity (Wildman–Crippen MR) is 81.9 cm³/mol. The highest BCUT2D eigenvalue weighted by molar-refractivity contribution is 7.98. The first kappa shape index (κ1) is 13.7. The van der Waals surface area contributed by atoms with Crippen LogP contribution in [-0.2, 0) is 5.75 Å². The minimum Gasteiger partial charge on any atom is -0.260 e. The van der Waals surface area contributed by atoms with Crippen LogP contribution in [0.4, 0.5) is 0 Å². The summed E-state index contributed by atoms with van der Waals surface area (Å²) in [4.78, 5) is 4.65. The van der Waals surface area contributed by atoms with Crippen molar-refractivity contribution in [3.63, 3.8) is 0 Å². The van der Waals surface area contributed by atoms with Crippen LogP contribution in [0.15, 0.2) is 18.3 Å². The number of hydrogen-bond donors (Lipinski definition) is 0. The van der Waals surface area contributed by atoms with E-state index < -0.39 is 0 Å². The van der Waals surface area contributed by atoms with Gasteiger partial charge in [-0.25, -0.2) is 0 Å². The molecular formula is C16H23NS. The molecule has 1 aromatic heterocycles. The van der Waals surface area contributed by atoms with E-state index in [9.17, 15) is 0 Å². The monoisotopic (exact) mass is 261 g/mol. The molecule has 0 N–H and O–H groups in total. The van der Waals surface area contributed by atoms with Gasteiger partial charge >= 0.3 is 0 Å². The summed E-state index contributed by atoms with van der Waals surface area (Å²) in [6.07, 6.45) is 5.60. The Balaban J connectivity index is 2.60. The third kappa shape index (κ3) is 2.80. The van der Waals surface area contributed by atoms with Crippen LogP contribution in [0.2, 0.25) is 0 Å². The smallest absolute Gasteiger partial charge is 0.0507 e. The number of fused-ring (bicyclic) bond motifs is 1. The molecule has 0 aliphatic carbocycles. The molecule has 2 heteroatoms. The van der Waals surface area contributed by atoms with Crippen molar-refractivity contribution in [1.29, 1.82) is 0 Å². The van der Waals surface area contributed by atoms with E-state index in [1.165, 1.54) is 34.6 Å². The molecular weight excluding hydrogens is 238 g/mol. The zero-order chi connectivity index (χ0) is 13.1. The molecule has 1 aromatic rings. The van der Waals surface area contributed by atoms with Gasteiger partial charge < -0.3 is 0 Å². The lowest BCUT2D eigenvalue weighted by Crippen LogP contribution is -2.08. The number of rotatable bonds is 2. The van der Waals surface area contributed by atoms with Crippen molar-refractivity contribution in [1.82, 2.24) is 4.98 Å². The van der Waals surface area contributed by atoms with E-state index in [0.717, 1.165) is 5.75 Å². The summed E-state index contributed by atoms with van der Waals surface area (Å²) < 4.78 is 0. The average molecular weight is 261 g/mol. The van der Waals surface area contributed by atoms with Gasteiger partial charge in [-0.2, -0.15) is 11.8 Å². The molecule has 0 fully saturated rings. The van der Waals surface area contributed by atoms with Crippen molar-refractivity contribution >= 4 is 17.3 Å². The lowest BCUT2D eigenvalue weighted by atomic mass is 9.87. The van der Waals surface area contributed by atoms with Gasteiger partial charge in [-0.1, -0.05) is 33.8 Å². The predicted octanol–water partition coefficient (Wildman–Crippen LogP) is 4.88. The summed E-state index contributed by atoms with van der Waals surface area (Å²) in [5.74, 6) is 3.43. The molecule has 2 heterocycles. The Labute approximate surface area is 115 Å². The fourth-order valence-electron chi connectivity index (χ4n) is 2.52. The number of thioether (sulfide) groups is 1. The highest BCUT2D eigenvalue weighted by atomic mass is 32.2. The zero-order valence-electron chi connectivity index (χ0n) is 11.9. The van der Waals surface area contributed by atoms with Crippen molar-refractivity contribution in [3.8, 4) is 0 Å². The minimum atomic E-state index is 0.492. The molecule has 2 rings (SSSR count). The molecule has 98 valence electrons. The first-order chi connectivity index (χ1) is 8.61. The number of aromatic nitrogens is 1. The second-order valence-corrected chi connectivity index (χ2v) is 6.65. The maximum Gasteiger partial charge on any atom is 0.0507 e. The Kier molecular flexibility index (Phi) is 4.50. The van der Waals surface area contributed by atoms with Crippen molar-refractivity contribution in [2.75, 3.05) is 5.75 Å². The summed E-state index contributed by atoms with van der Waals surface area (Å²) in [7, 11) is 0. The van der Waals surface area contributed by atoms with Gasteiger partial charge in [-0.15, -0.1) is 0 Å². The molecule has 0 atom stereocenters. The van der Waals surface area contributed by atoms with Gasteiger partial charge in [0.1, 0.15) is 0 Å². The third-order valence-corrected chi connectivity index (χ3v) is 4.45. The molecule has 0 bridgehead atoms. The topological polar surface area (TPSA) is 12.9 Å². The summed E-state index contributed by atoms with van der Waals surface area (Å²) in [6.45, 7) is 9.07. The number of allylic oxidation sites excluding steroid dienone is 2. The van der Waals surface area contributed by atoms with Gasteiger partial charge in [0.2, 0.25) is 0 Å². The molecule has 0 amide bonds. The van der Waals surface area contributed by atoms with Crippen LogP contribution in [0, 0.1) is 5.92 Å². The van der Waals surface area contributed by atoms with E-state index in [4.69, 9.17) is 0 Å². The van der Waals surface area contributed by atoms with E-state index in [-0.39, 0.29) is 0 Å². The molecule has 0 radical (unpaired) electrons. The lowest BCUT2D eigenvalue weighted by molar-refractivity contribution is 0.794. The molecule has 0 saturated heterocycles. The van der Waals surface area contributed by atoms with Gasteiger partial charge in [-0.3, -0.25) is 4.98 Å². The van der Waals surface area contributed by atoms with Crippen LogP contribution in [-0.4, -0.2) is 10.7 Å². The normalized spacial score (nSPS) is 19.1. The first-order valence-electron chi connectivity index (χ1n) is 6.87. The quantitative estimate of drug-likeness (QED) is 0.752. The summed E-state index contributed by atoms with van der Waals surface area (Å²) in [5, 5.41) is 0. The van der Waals surface area contributed by atoms with Crippen LogP contribution in [0.5, 0.6) is 0 Å². The highest BCUT2D eigenvalue weighted by Crippen LogP contribution is 2.35. The standard InChI is InChI=1S/C16H23NS/c1-11(2)14-6-5-9-18-10-13-7-8-17-16(12(3)4)15(13)14/h6-8,11-12H,5,9-10H2,1-4H3/b14-6-. The van der Waals surface area contributed by atoms with Crippen molar-refractivity contribution in [3.05, 3.63) is 35.2 Å². The summed E-state index contributed by atoms with van der Waals surface area (Å²) >= 11 is 2.03. The lowest BCUT2D eigenvalue weighted by Gasteiger charge is -2.23. The Bertz CT molecular complexity index is 446. The van der Waals surface area contributed by atoms with Crippen molar-refractivity contribution in [2.24, 2.45) is 5.92 Å².